The van der Waals surface area contributed by atoms with Crippen LogP contribution in [0.5, 0.6) is 0 Å². The van der Waals surface area contributed by atoms with Crippen molar-refractivity contribution in [3.8, 4) is 0 Å². The highest BCUT2D eigenvalue weighted by atomic mass is 32.2. The first-order valence-corrected chi connectivity index (χ1v) is 9.72. The molecule has 3 rings (SSSR count). The molecule has 1 aliphatic heterocycles. The van der Waals surface area contributed by atoms with Gasteiger partial charge in [-0.2, -0.15) is 5.10 Å². The number of carbonyl (C=O) groups is 1. The third-order valence-electron chi connectivity index (χ3n) is 3.95. The van der Waals surface area contributed by atoms with Crippen molar-refractivity contribution < 1.29 is 13.2 Å². The summed E-state index contributed by atoms with van der Waals surface area (Å²) in [4.78, 5) is 12.1. The fourth-order valence-corrected chi connectivity index (χ4v) is 4.43. The number of amides is 1. The molecule has 2 aliphatic rings. The molecule has 0 atom stereocenters. The Morgan fingerprint density at radius 2 is 1.87 bits per heavy atom. The third-order valence-corrected chi connectivity index (χ3v) is 6.24. The number of benzene rings is 1. The van der Waals surface area contributed by atoms with Gasteiger partial charge in [-0.25, -0.2) is 13.6 Å². The van der Waals surface area contributed by atoms with Crippen LogP contribution in [0, 0.1) is 0 Å². The Morgan fingerprint density at radius 1 is 1.22 bits per heavy atom. The molecule has 9 heteroatoms. The van der Waals surface area contributed by atoms with Gasteiger partial charge in [0.25, 0.3) is 5.91 Å². The van der Waals surface area contributed by atoms with Gasteiger partial charge in [-0.15, -0.1) is 0 Å². The average molecular weight is 354 g/mol. The number of thioether (sulfide) groups is 1. The number of hydrogen-bond acceptors (Lipinski definition) is 6. The molecule has 7 nitrogen and oxygen atoms in total. The zero-order valence-corrected chi connectivity index (χ0v) is 14.0. The number of hydrazone groups is 1. The number of sulfonamides is 1. The number of carbonyl (C=O) groups excluding carboxylic acids is 1. The largest absolute Gasteiger partial charge is 0.320 e. The molecular weight excluding hydrogens is 336 g/mol. The van der Waals surface area contributed by atoms with Crippen LogP contribution in [0.3, 0.4) is 0 Å². The highest BCUT2D eigenvalue weighted by molar-refractivity contribution is 8.17. The second kappa shape index (κ2) is 6.14. The number of nitrogens with two attached hydrogens (primary N) is 1. The van der Waals surface area contributed by atoms with Gasteiger partial charge in [0.1, 0.15) is 4.87 Å². The molecule has 1 amide bonds. The highest BCUT2D eigenvalue weighted by Gasteiger charge is 2.40. The minimum absolute atomic E-state index is 0.00547. The fourth-order valence-electron chi connectivity index (χ4n) is 2.73. The summed E-state index contributed by atoms with van der Waals surface area (Å²) in [5, 5.41) is 12.3. The van der Waals surface area contributed by atoms with E-state index in [1.807, 2.05) is 0 Å². The van der Waals surface area contributed by atoms with Crippen molar-refractivity contribution in [2.24, 2.45) is 10.2 Å². The van der Waals surface area contributed by atoms with Crippen molar-refractivity contribution in [2.45, 2.75) is 41.9 Å². The van der Waals surface area contributed by atoms with E-state index in [2.05, 4.69) is 15.8 Å². The summed E-state index contributed by atoms with van der Waals surface area (Å²) in [6.07, 6.45) is 5.50. The SMILES string of the molecule is NS(=O)(=O)c1ccc(NC(=O)C2=NNC3(CCCCC3)S2)cc1. The van der Waals surface area contributed by atoms with Crippen LogP contribution in [0.25, 0.3) is 0 Å². The third kappa shape index (κ3) is 3.67. The maximum absolute atomic E-state index is 12.3. The van der Waals surface area contributed by atoms with E-state index >= 15 is 0 Å². The van der Waals surface area contributed by atoms with Gasteiger partial charge < -0.3 is 5.32 Å². The fraction of sp³-hybridized carbons (Fsp3) is 0.429. The van der Waals surface area contributed by atoms with Crippen LogP contribution in [0.15, 0.2) is 34.3 Å². The molecular formula is C14H18N4O3S2. The summed E-state index contributed by atoms with van der Waals surface area (Å²) in [6, 6.07) is 5.72. The monoisotopic (exact) mass is 354 g/mol. The van der Waals surface area contributed by atoms with Gasteiger partial charge in [-0.3, -0.25) is 10.2 Å². The molecule has 0 bridgehead atoms. The van der Waals surface area contributed by atoms with Gasteiger partial charge in [0.2, 0.25) is 10.0 Å². The Morgan fingerprint density at radius 3 is 2.48 bits per heavy atom. The predicted octanol–water partition coefficient (Wildman–Crippen LogP) is 1.58. The minimum Gasteiger partial charge on any atom is -0.320 e. The maximum Gasteiger partial charge on any atom is 0.282 e. The normalized spacial score (nSPS) is 20.0. The van der Waals surface area contributed by atoms with Crippen molar-refractivity contribution in [2.75, 3.05) is 5.32 Å². The summed E-state index contributed by atoms with van der Waals surface area (Å²) < 4.78 is 22.4. The molecule has 0 aromatic heterocycles. The summed E-state index contributed by atoms with van der Waals surface area (Å²) >= 11 is 1.48. The van der Waals surface area contributed by atoms with E-state index in [0.717, 1.165) is 25.7 Å². The van der Waals surface area contributed by atoms with Gasteiger partial charge in [-0.05, 0) is 37.1 Å². The Bertz CT molecular complexity index is 738. The number of hydrogen-bond donors (Lipinski definition) is 3. The van der Waals surface area contributed by atoms with Gasteiger partial charge in [0.05, 0.1) is 4.90 Å². The predicted molar refractivity (Wildman–Crippen MR) is 90.4 cm³/mol. The summed E-state index contributed by atoms with van der Waals surface area (Å²) in [7, 11) is -3.73. The van der Waals surface area contributed by atoms with Crippen LogP contribution in [0.4, 0.5) is 5.69 Å². The van der Waals surface area contributed by atoms with Crippen LogP contribution in [0.2, 0.25) is 0 Å². The molecule has 1 aromatic rings. The Kier molecular flexibility index (Phi) is 4.35. The number of anilines is 1. The number of rotatable bonds is 3. The van der Waals surface area contributed by atoms with Crippen molar-refractivity contribution in [3.63, 3.8) is 0 Å². The smallest absolute Gasteiger partial charge is 0.282 e. The van der Waals surface area contributed by atoms with Crippen molar-refractivity contribution in [1.29, 1.82) is 0 Å². The van der Waals surface area contributed by atoms with E-state index in [9.17, 15) is 13.2 Å². The van der Waals surface area contributed by atoms with E-state index in [-0.39, 0.29) is 15.7 Å². The number of nitrogens with zero attached hydrogens (tertiary/aromatic N) is 1. The van der Waals surface area contributed by atoms with E-state index < -0.39 is 10.0 Å². The summed E-state index contributed by atoms with van der Waals surface area (Å²) in [5.74, 6) is -0.298. The lowest BCUT2D eigenvalue weighted by atomic mass is 9.95. The lowest BCUT2D eigenvalue weighted by Gasteiger charge is -2.31. The van der Waals surface area contributed by atoms with E-state index in [1.165, 1.54) is 42.4 Å². The van der Waals surface area contributed by atoms with Gasteiger partial charge in [0.15, 0.2) is 5.04 Å². The van der Waals surface area contributed by atoms with Crippen LogP contribution in [-0.4, -0.2) is 24.2 Å². The number of primary sulfonamides is 1. The minimum atomic E-state index is -3.73. The topological polar surface area (TPSA) is 114 Å². The Balaban J connectivity index is 1.64. The first-order valence-electron chi connectivity index (χ1n) is 7.36. The molecule has 0 saturated heterocycles. The molecule has 1 aromatic carbocycles. The van der Waals surface area contributed by atoms with Gasteiger partial charge >= 0.3 is 0 Å². The van der Waals surface area contributed by atoms with E-state index in [0.29, 0.717) is 10.7 Å². The molecule has 1 aliphatic carbocycles. The van der Waals surface area contributed by atoms with E-state index in [4.69, 9.17) is 5.14 Å². The molecule has 1 saturated carbocycles. The lowest BCUT2D eigenvalue weighted by molar-refractivity contribution is -0.110. The molecule has 124 valence electrons. The quantitative estimate of drug-likeness (QED) is 0.762. The standard InChI is InChI=1S/C14H18N4O3S2/c15-23(20,21)11-6-4-10(5-7-11)16-12(19)13-17-18-14(22-13)8-2-1-3-9-14/h4-7,18H,1-3,8-9H2,(H,16,19)(H2,15,20,21). The molecule has 4 N–H and O–H groups in total. The second-order valence-electron chi connectivity index (χ2n) is 5.71. The molecule has 1 fully saturated rings. The number of nitrogens with one attached hydrogen (secondary N) is 2. The molecule has 1 spiro atoms. The lowest BCUT2D eigenvalue weighted by Crippen LogP contribution is -2.37. The van der Waals surface area contributed by atoms with Crippen molar-refractivity contribution >= 4 is 38.4 Å². The van der Waals surface area contributed by atoms with Gasteiger partial charge in [0, 0.05) is 5.69 Å². The molecule has 0 unspecified atom stereocenters. The van der Waals surface area contributed by atoms with Crippen molar-refractivity contribution in [1.82, 2.24) is 5.43 Å². The summed E-state index contributed by atoms with van der Waals surface area (Å²) in [5.41, 5.74) is 3.61. The Hall–Kier alpha value is -1.58. The maximum atomic E-state index is 12.3. The van der Waals surface area contributed by atoms with Crippen LogP contribution in [0.1, 0.15) is 32.1 Å². The van der Waals surface area contributed by atoms with Gasteiger partial charge in [-0.1, -0.05) is 31.0 Å². The van der Waals surface area contributed by atoms with Crippen LogP contribution >= 0.6 is 11.8 Å². The zero-order valence-electron chi connectivity index (χ0n) is 12.4. The molecule has 0 radical (unpaired) electrons. The zero-order chi connectivity index (χ0) is 16.5. The first kappa shape index (κ1) is 16.3. The average Bonchev–Trinajstić information content (AvgIpc) is 2.91. The Labute approximate surface area is 139 Å². The molecule has 1 heterocycles. The molecule has 23 heavy (non-hydrogen) atoms. The first-order chi connectivity index (χ1) is 10.9. The second-order valence-corrected chi connectivity index (χ2v) is 8.64. The van der Waals surface area contributed by atoms with Crippen LogP contribution < -0.4 is 15.9 Å². The van der Waals surface area contributed by atoms with E-state index in [1.54, 1.807) is 0 Å². The van der Waals surface area contributed by atoms with Crippen molar-refractivity contribution in [3.05, 3.63) is 24.3 Å². The highest BCUT2D eigenvalue weighted by Crippen LogP contribution is 2.41. The van der Waals surface area contributed by atoms with Crippen LogP contribution in [-0.2, 0) is 14.8 Å². The summed E-state index contributed by atoms with van der Waals surface area (Å²) in [6.45, 7) is 0.